The highest BCUT2D eigenvalue weighted by Crippen LogP contribution is 2.16. The van der Waals surface area contributed by atoms with E-state index in [1.165, 1.54) is 23.3 Å². The predicted octanol–water partition coefficient (Wildman–Crippen LogP) is 3.73. The average molecular weight is 345 g/mol. The second-order valence-corrected chi connectivity index (χ2v) is 5.19. The second-order valence-electron chi connectivity index (χ2n) is 4.28. The van der Waals surface area contributed by atoms with Crippen LogP contribution in [0.5, 0.6) is 0 Å². The first-order valence-electron chi connectivity index (χ1n) is 6.19. The van der Waals surface area contributed by atoms with Crippen molar-refractivity contribution < 1.29 is 4.39 Å². The number of hydrogen-bond donors (Lipinski definition) is 0. The molecule has 4 nitrogen and oxygen atoms in total. The van der Waals surface area contributed by atoms with Crippen LogP contribution in [-0.4, -0.2) is 21.1 Å². The molecule has 0 aliphatic carbocycles. The molecular formula is C15H10BrFN4. The molecule has 1 aromatic heterocycles. The highest BCUT2D eigenvalue weighted by atomic mass is 79.9. The predicted molar refractivity (Wildman–Crippen MR) is 82.5 cm³/mol. The number of hydrogen-bond acceptors (Lipinski definition) is 3. The minimum atomic E-state index is -0.345. The van der Waals surface area contributed by atoms with Crippen molar-refractivity contribution in [3.8, 4) is 11.4 Å². The van der Waals surface area contributed by atoms with Gasteiger partial charge in [-0.3, -0.25) is 0 Å². The molecule has 1 heterocycles. The molecule has 6 heteroatoms. The van der Waals surface area contributed by atoms with Gasteiger partial charge in [0.05, 0.1) is 6.21 Å². The standard InChI is InChI=1S/C15H10BrFN4/c16-13-7-6-12(14(17)8-13)9-19-21-10-18-20-15(21)11-4-2-1-3-5-11/h1-10H/b19-9-. The molecule has 21 heavy (non-hydrogen) atoms. The summed E-state index contributed by atoms with van der Waals surface area (Å²) >= 11 is 3.22. The molecule has 0 spiro atoms. The first-order chi connectivity index (χ1) is 10.2. The zero-order valence-corrected chi connectivity index (χ0v) is 12.4. The molecule has 3 rings (SSSR count). The van der Waals surface area contributed by atoms with Crippen LogP contribution in [0.2, 0.25) is 0 Å². The van der Waals surface area contributed by atoms with Crippen LogP contribution in [0, 0.1) is 5.82 Å². The van der Waals surface area contributed by atoms with Gasteiger partial charge in [-0.1, -0.05) is 46.3 Å². The molecule has 104 valence electrons. The summed E-state index contributed by atoms with van der Waals surface area (Å²) in [6, 6.07) is 14.4. The molecule has 0 saturated heterocycles. The van der Waals surface area contributed by atoms with Crippen molar-refractivity contribution in [3.05, 3.63) is 70.7 Å². The van der Waals surface area contributed by atoms with E-state index in [4.69, 9.17) is 0 Å². The average Bonchev–Trinajstić information content (AvgIpc) is 2.96. The van der Waals surface area contributed by atoms with Crippen LogP contribution in [0.25, 0.3) is 11.4 Å². The highest BCUT2D eigenvalue weighted by molar-refractivity contribution is 9.10. The molecule has 0 N–H and O–H groups in total. The maximum Gasteiger partial charge on any atom is 0.184 e. The maximum atomic E-state index is 13.7. The number of aromatic nitrogens is 3. The summed E-state index contributed by atoms with van der Waals surface area (Å²) in [5, 5.41) is 12.1. The summed E-state index contributed by atoms with van der Waals surface area (Å²) in [6.07, 6.45) is 2.92. The molecule has 0 radical (unpaired) electrons. The molecule has 0 unspecified atom stereocenters. The number of benzene rings is 2. The lowest BCUT2D eigenvalue weighted by atomic mass is 10.2. The Morgan fingerprint density at radius 3 is 2.71 bits per heavy atom. The van der Waals surface area contributed by atoms with Crippen LogP contribution in [0.15, 0.2) is 64.4 Å². The largest absolute Gasteiger partial charge is 0.206 e. The minimum Gasteiger partial charge on any atom is -0.206 e. The lowest BCUT2D eigenvalue weighted by molar-refractivity contribution is 0.625. The number of halogens is 2. The van der Waals surface area contributed by atoms with E-state index in [2.05, 4.69) is 31.2 Å². The van der Waals surface area contributed by atoms with Gasteiger partial charge in [-0.25, -0.2) is 4.39 Å². The lowest BCUT2D eigenvalue weighted by Gasteiger charge is -2.01. The Hall–Kier alpha value is -2.34. The number of nitrogens with zero attached hydrogens (tertiary/aromatic N) is 4. The van der Waals surface area contributed by atoms with Gasteiger partial charge >= 0.3 is 0 Å². The van der Waals surface area contributed by atoms with E-state index in [1.54, 1.807) is 12.1 Å². The third-order valence-corrected chi connectivity index (χ3v) is 3.34. The van der Waals surface area contributed by atoms with Crippen molar-refractivity contribution in [1.82, 2.24) is 14.9 Å². The Morgan fingerprint density at radius 2 is 1.95 bits per heavy atom. The van der Waals surface area contributed by atoms with Crippen molar-refractivity contribution >= 4 is 22.1 Å². The van der Waals surface area contributed by atoms with Gasteiger partial charge in [0, 0.05) is 15.6 Å². The fourth-order valence-electron chi connectivity index (χ4n) is 1.82. The van der Waals surface area contributed by atoms with E-state index in [-0.39, 0.29) is 5.82 Å². The topological polar surface area (TPSA) is 43.1 Å². The maximum absolute atomic E-state index is 13.7. The van der Waals surface area contributed by atoms with Crippen molar-refractivity contribution in [2.75, 3.05) is 0 Å². The molecule has 0 saturated carbocycles. The van der Waals surface area contributed by atoms with Gasteiger partial charge in [-0.15, -0.1) is 10.2 Å². The first kappa shape index (κ1) is 13.6. The van der Waals surface area contributed by atoms with E-state index < -0.39 is 0 Å². The summed E-state index contributed by atoms with van der Waals surface area (Å²) in [4.78, 5) is 0. The Kier molecular flexibility index (Phi) is 3.87. The van der Waals surface area contributed by atoms with Crippen LogP contribution < -0.4 is 0 Å². The number of rotatable bonds is 3. The van der Waals surface area contributed by atoms with E-state index in [0.29, 0.717) is 15.9 Å². The first-order valence-corrected chi connectivity index (χ1v) is 6.98. The normalized spacial score (nSPS) is 11.1. The van der Waals surface area contributed by atoms with Gasteiger partial charge in [0.25, 0.3) is 0 Å². The highest BCUT2D eigenvalue weighted by Gasteiger charge is 2.06. The second kappa shape index (κ2) is 5.97. The monoisotopic (exact) mass is 344 g/mol. The summed E-state index contributed by atoms with van der Waals surface area (Å²) in [7, 11) is 0. The van der Waals surface area contributed by atoms with Gasteiger partial charge in [0.15, 0.2) is 5.82 Å². The summed E-state index contributed by atoms with van der Waals surface area (Å²) in [5.74, 6) is 0.256. The Morgan fingerprint density at radius 1 is 1.14 bits per heavy atom. The summed E-state index contributed by atoms with van der Waals surface area (Å²) < 4.78 is 15.9. The van der Waals surface area contributed by atoms with Crippen LogP contribution >= 0.6 is 15.9 Å². The lowest BCUT2D eigenvalue weighted by Crippen LogP contribution is -1.95. The minimum absolute atomic E-state index is 0.345. The zero-order valence-electron chi connectivity index (χ0n) is 10.8. The van der Waals surface area contributed by atoms with E-state index >= 15 is 0 Å². The molecule has 0 amide bonds. The molecule has 0 atom stereocenters. The molecular weight excluding hydrogens is 335 g/mol. The van der Waals surface area contributed by atoms with Gasteiger partial charge in [-0.2, -0.15) is 9.78 Å². The zero-order chi connectivity index (χ0) is 14.7. The van der Waals surface area contributed by atoms with Gasteiger partial charge in [-0.05, 0) is 18.2 Å². The Balaban J connectivity index is 1.93. The fraction of sp³-hybridized carbons (Fsp3) is 0. The van der Waals surface area contributed by atoms with Crippen LogP contribution in [0.1, 0.15) is 5.56 Å². The van der Waals surface area contributed by atoms with Gasteiger partial charge < -0.3 is 0 Å². The van der Waals surface area contributed by atoms with Crippen LogP contribution in [0.4, 0.5) is 4.39 Å². The third kappa shape index (κ3) is 3.05. The summed E-state index contributed by atoms with van der Waals surface area (Å²) in [6.45, 7) is 0. The van der Waals surface area contributed by atoms with Crippen molar-refractivity contribution in [2.45, 2.75) is 0 Å². The quantitative estimate of drug-likeness (QED) is 0.679. The van der Waals surface area contributed by atoms with Crippen molar-refractivity contribution in [1.29, 1.82) is 0 Å². The van der Waals surface area contributed by atoms with E-state index in [1.807, 2.05) is 30.3 Å². The van der Waals surface area contributed by atoms with Crippen molar-refractivity contribution in [3.63, 3.8) is 0 Å². The molecule has 0 aliphatic heterocycles. The van der Waals surface area contributed by atoms with Gasteiger partial charge in [0.2, 0.25) is 0 Å². The fourth-order valence-corrected chi connectivity index (χ4v) is 2.16. The Bertz CT molecular complexity index is 783. The molecule has 0 fully saturated rings. The summed E-state index contributed by atoms with van der Waals surface area (Å²) in [5.41, 5.74) is 1.29. The van der Waals surface area contributed by atoms with Crippen LogP contribution in [-0.2, 0) is 0 Å². The third-order valence-electron chi connectivity index (χ3n) is 2.85. The molecule has 0 bridgehead atoms. The SMILES string of the molecule is Fc1cc(Br)ccc1/C=N\n1cnnc1-c1ccccc1. The smallest absolute Gasteiger partial charge is 0.184 e. The van der Waals surface area contributed by atoms with Crippen LogP contribution in [0.3, 0.4) is 0 Å². The molecule has 3 aromatic rings. The molecule has 0 aliphatic rings. The van der Waals surface area contributed by atoms with Crippen molar-refractivity contribution in [2.24, 2.45) is 5.10 Å². The Labute approximate surface area is 129 Å². The van der Waals surface area contributed by atoms with E-state index in [9.17, 15) is 4.39 Å². The van der Waals surface area contributed by atoms with E-state index in [0.717, 1.165) is 5.56 Å². The van der Waals surface area contributed by atoms with Gasteiger partial charge in [0.1, 0.15) is 12.1 Å². The molecule has 2 aromatic carbocycles.